The van der Waals surface area contributed by atoms with Crippen LogP contribution in [0.5, 0.6) is 0 Å². The van der Waals surface area contributed by atoms with E-state index in [-0.39, 0.29) is 18.1 Å². The zero-order valence-electron chi connectivity index (χ0n) is 13.4. The van der Waals surface area contributed by atoms with Crippen molar-refractivity contribution in [2.24, 2.45) is 0 Å². The summed E-state index contributed by atoms with van der Waals surface area (Å²) >= 11 is 0. The summed E-state index contributed by atoms with van der Waals surface area (Å²) in [6.45, 7) is 6.03. The highest BCUT2D eigenvalue weighted by Gasteiger charge is 2.24. The van der Waals surface area contributed by atoms with E-state index in [1.807, 2.05) is 17.9 Å². The molecule has 1 saturated heterocycles. The summed E-state index contributed by atoms with van der Waals surface area (Å²) < 4.78 is 19.3. The normalized spacial score (nSPS) is 15.1. The molecule has 5 nitrogen and oxygen atoms in total. The van der Waals surface area contributed by atoms with Crippen LogP contribution in [0.15, 0.2) is 28.7 Å². The predicted molar refractivity (Wildman–Crippen MR) is 84.9 cm³/mol. The Balaban J connectivity index is 1.59. The molecule has 0 atom stereocenters. The fourth-order valence-corrected chi connectivity index (χ4v) is 2.89. The Bertz CT molecular complexity index is 706. The molecule has 1 aliphatic rings. The van der Waals surface area contributed by atoms with Gasteiger partial charge in [0, 0.05) is 33.1 Å². The van der Waals surface area contributed by atoms with Crippen LogP contribution in [0.1, 0.15) is 17.3 Å². The molecule has 6 heteroatoms. The standard InChI is InChI=1S/C17H20FN3O2/c1-12-16(23-13(2)19-12)11-17(22)21-9-7-20(8-10-21)15-6-4-3-5-14(15)18/h3-6H,7-11H2,1-2H3. The third-order valence-electron chi connectivity index (χ3n) is 4.14. The smallest absolute Gasteiger partial charge is 0.230 e. The van der Waals surface area contributed by atoms with Gasteiger partial charge in [0.2, 0.25) is 5.91 Å². The maximum atomic E-state index is 13.8. The second-order valence-corrected chi connectivity index (χ2v) is 5.74. The molecule has 1 amide bonds. The third kappa shape index (κ3) is 3.36. The largest absolute Gasteiger partial charge is 0.445 e. The maximum Gasteiger partial charge on any atom is 0.230 e. The number of benzene rings is 1. The van der Waals surface area contributed by atoms with Crippen molar-refractivity contribution in [2.45, 2.75) is 20.3 Å². The molecule has 2 heterocycles. The SMILES string of the molecule is Cc1nc(C)c(CC(=O)N2CCN(c3ccccc3F)CC2)o1. The first-order valence-corrected chi connectivity index (χ1v) is 7.75. The second-order valence-electron chi connectivity index (χ2n) is 5.74. The summed E-state index contributed by atoms with van der Waals surface area (Å²) in [6.07, 6.45) is 0.229. The van der Waals surface area contributed by atoms with E-state index in [0.29, 0.717) is 43.5 Å². The van der Waals surface area contributed by atoms with E-state index in [1.165, 1.54) is 6.07 Å². The number of hydrogen-bond donors (Lipinski definition) is 0. The van der Waals surface area contributed by atoms with Gasteiger partial charge in [-0.2, -0.15) is 0 Å². The van der Waals surface area contributed by atoms with Crippen LogP contribution in [0, 0.1) is 19.7 Å². The van der Waals surface area contributed by atoms with E-state index in [1.54, 1.807) is 24.0 Å². The average molecular weight is 317 g/mol. The van der Waals surface area contributed by atoms with Crippen molar-refractivity contribution in [1.82, 2.24) is 9.88 Å². The van der Waals surface area contributed by atoms with Crippen molar-refractivity contribution < 1.29 is 13.6 Å². The van der Waals surface area contributed by atoms with Gasteiger partial charge in [0.25, 0.3) is 0 Å². The molecule has 0 saturated carbocycles. The van der Waals surface area contributed by atoms with Crippen molar-refractivity contribution in [3.05, 3.63) is 47.4 Å². The minimum atomic E-state index is -0.222. The number of carbonyl (C=O) groups excluding carboxylic acids is 1. The van der Waals surface area contributed by atoms with Gasteiger partial charge in [-0.05, 0) is 19.1 Å². The molecular weight excluding hydrogens is 297 g/mol. The monoisotopic (exact) mass is 317 g/mol. The van der Waals surface area contributed by atoms with Crippen molar-refractivity contribution in [3.8, 4) is 0 Å². The lowest BCUT2D eigenvalue weighted by molar-refractivity contribution is -0.131. The van der Waals surface area contributed by atoms with Crippen molar-refractivity contribution in [3.63, 3.8) is 0 Å². The molecule has 1 fully saturated rings. The van der Waals surface area contributed by atoms with Crippen LogP contribution in [0.2, 0.25) is 0 Å². The van der Waals surface area contributed by atoms with Gasteiger partial charge in [0.05, 0.1) is 17.8 Å². The number of amides is 1. The Morgan fingerprint density at radius 3 is 2.52 bits per heavy atom. The van der Waals surface area contributed by atoms with E-state index in [2.05, 4.69) is 4.98 Å². The Morgan fingerprint density at radius 2 is 1.91 bits per heavy atom. The molecule has 1 aromatic carbocycles. The van der Waals surface area contributed by atoms with Crippen LogP contribution in [0.25, 0.3) is 0 Å². The van der Waals surface area contributed by atoms with Crippen LogP contribution in [-0.2, 0) is 11.2 Å². The lowest BCUT2D eigenvalue weighted by atomic mass is 10.2. The molecule has 1 aromatic heterocycles. The summed E-state index contributed by atoms with van der Waals surface area (Å²) in [6, 6.07) is 6.74. The summed E-state index contributed by atoms with van der Waals surface area (Å²) in [5.41, 5.74) is 1.36. The number of aryl methyl sites for hydroxylation is 2. The first kappa shape index (κ1) is 15.5. The number of rotatable bonds is 3. The number of anilines is 1. The fourth-order valence-electron chi connectivity index (χ4n) is 2.89. The fraction of sp³-hybridized carbons (Fsp3) is 0.412. The Morgan fingerprint density at radius 1 is 1.22 bits per heavy atom. The van der Waals surface area contributed by atoms with Gasteiger partial charge in [-0.1, -0.05) is 12.1 Å². The molecule has 2 aromatic rings. The zero-order chi connectivity index (χ0) is 16.4. The Hall–Kier alpha value is -2.37. The quantitative estimate of drug-likeness (QED) is 0.872. The number of para-hydroxylation sites is 1. The number of halogens is 1. The maximum absolute atomic E-state index is 13.8. The van der Waals surface area contributed by atoms with Crippen LogP contribution < -0.4 is 4.90 Å². The molecule has 122 valence electrons. The Kier molecular flexibility index (Phi) is 4.32. The van der Waals surface area contributed by atoms with Gasteiger partial charge in [-0.3, -0.25) is 4.79 Å². The lowest BCUT2D eigenvalue weighted by Crippen LogP contribution is -2.49. The topological polar surface area (TPSA) is 49.6 Å². The van der Waals surface area contributed by atoms with E-state index in [0.717, 1.165) is 5.69 Å². The predicted octanol–water partition coefficient (Wildman–Crippen LogP) is 2.32. The molecule has 23 heavy (non-hydrogen) atoms. The zero-order valence-corrected chi connectivity index (χ0v) is 13.4. The van der Waals surface area contributed by atoms with Gasteiger partial charge < -0.3 is 14.2 Å². The average Bonchev–Trinajstić information content (AvgIpc) is 2.85. The van der Waals surface area contributed by atoms with Gasteiger partial charge in [0.15, 0.2) is 5.89 Å². The van der Waals surface area contributed by atoms with Crippen LogP contribution >= 0.6 is 0 Å². The van der Waals surface area contributed by atoms with E-state index in [9.17, 15) is 9.18 Å². The summed E-state index contributed by atoms with van der Waals surface area (Å²) in [5.74, 6) is 1.01. The molecule has 0 bridgehead atoms. The van der Waals surface area contributed by atoms with Gasteiger partial charge in [0.1, 0.15) is 11.6 Å². The second kappa shape index (κ2) is 6.40. The summed E-state index contributed by atoms with van der Waals surface area (Å²) in [5, 5.41) is 0. The number of oxazole rings is 1. The highest BCUT2D eigenvalue weighted by Crippen LogP contribution is 2.20. The number of piperazine rings is 1. The first-order chi connectivity index (χ1) is 11.0. The summed E-state index contributed by atoms with van der Waals surface area (Å²) in [7, 11) is 0. The molecule has 0 radical (unpaired) electrons. The van der Waals surface area contributed by atoms with Crippen LogP contribution in [0.3, 0.4) is 0 Å². The van der Waals surface area contributed by atoms with Crippen LogP contribution in [-0.4, -0.2) is 42.0 Å². The minimum absolute atomic E-state index is 0.0254. The van der Waals surface area contributed by atoms with E-state index in [4.69, 9.17) is 4.42 Å². The highest BCUT2D eigenvalue weighted by molar-refractivity contribution is 5.78. The molecular formula is C17H20FN3O2. The number of nitrogens with zero attached hydrogens (tertiary/aromatic N) is 3. The first-order valence-electron chi connectivity index (χ1n) is 7.75. The van der Waals surface area contributed by atoms with Gasteiger partial charge in [-0.15, -0.1) is 0 Å². The van der Waals surface area contributed by atoms with Gasteiger partial charge in [-0.25, -0.2) is 9.37 Å². The highest BCUT2D eigenvalue weighted by atomic mass is 19.1. The number of hydrogen-bond acceptors (Lipinski definition) is 4. The number of aromatic nitrogens is 1. The third-order valence-corrected chi connectivity index (χ3v) is 4.14. The van der Waals surface area contributed by atoms with Crippen molar-refractivity contribution in [1.29, 1.82) is 0 Å². The Labute approximate surface area is 134 Å². The molecule has 0 unspecified atom stereocenters. The molecule has 1 aliphatic heterocycles. The van der Waals surface area contributed by atoms with Crippen LogP contribution in [0.4, 0.5) is 10.1 Å². The van der Waals surface area contributed by atoms with Crippen molar-refractivity contribution >= 4 is 11.6 Å². The molecule has 0 N–H and O–H groups in total. The molecule has 0 spiro atoms. The molecule has 3 rings (SSSR count). The van der Waals surface area contributed by atoms with Crippen molar-refractivity contribution in [2.75, 3.05) is 31.1 Å². The van der Waals surface area contributed by atoms with E-state index >= 15 is 0 Å². The number of carbonyl (C=O) groups is 1. The summed E-state index contributed by atoms with van der Waals surface area (Å²) in [4.78, 5) is 20.3. The minimum Gasteiger partial charge on any atom is -0.445 e. The lowest BCUT2D eigenvalue weighted by Gasteiger charge is -2.36. The molecule has 0 aliphatic carbocycles. The van der Waals surface area contributed by atoms with Gasteiger partial charge >= 0.3 is 0 Å². The van der Waals surface area contributed by atoms with E-state index < -0.39 is 0 Å².